The second-order valence-electron chi connectivity index (χ2n) is 6.31. The Balaban J connectivity index is 1.46. The van der Waals surface area contributed by atoms with Crippen LogP contribution in [0.1, 0.15) is 6.42 Å². The first-order chi connectivity index (χ1) is 12.8. The third-order valence-electron chi connectivity index (χ3n) is 4.39. The normalized spacial score (nSPS) is 16.8. The van der Waals surface area contributed by atoms with Gasteiger partial charge in [0, 0.05) is 38.6 Å². The lowest BCUT2D eigenvalue weighted by Crippen LogP contribution is -2.38. The Bertz CT molecular complexity index is 671. The highest BCUT2D eigenvalue weighted by atomic mass is 16.5. The van der Waals surface area contributed by atoms with E-state index in [2.05, 4.69) is 19.8 Å². The summed E-state index contributed by atoms with van der Waals surface area (Å²) >= 11 is 0. The molecule has 2 aromatic rings. The smallest absolute Gasteiger partial charge is 0.225 e. The van der Waals surface area contributed by atoms with E-state index in [-0.39, 0.29) is 6.61 Å². The number of nitrogens with zero attached hydrogens (tertiary/aromatic N) is 4. The minimum atomic E-state index is -0.556. The summed E-state index contributed by atoms with van der Waals surface area (Å²) in [6.45, 7) is 4.40. The Morgan fingerprint density at radius 2 is 1.81 bits per heavy atom. The Kier molecular flexibility index (Phi) is 6.62. The maximum Gasteiger partial charge on any atom is 0.225 e. The maximum atomic E-state index is 10.4. The van der Waals surface area contributed by atoms with E-state index >= 15 is 0 Å². The van der Waals surface area contributed by atoms with Crippen LogP contribution in [0.4, 0.5) is 5.95 Å². The number of aromatic nitrogens is 2. The molecular weight excluding hydrogens is 332 g/mol. The minimum absolute atomic E-state index is 0.238. The van der Waals surface area contributed by atoms with Crippen molar-refractivity contribution in [3.05, 3.63) is 42.7 Å². The van der Waals surface area contributed by atoms with E-state index < -0.39 is 6.10 Å². The number of benzene rings is 1. The van der Waals surface area contributed by atoms with Gasteiger partial charge in [-0.1, -0.05) is 12.1 Å². The first-order valence-corrected chi connectivity index (χ1v) is 8.94. The zero-order valence-corrected chi connectivity index (χ0v) is 15.1. The number of β-amino-alcohol motifs (C(OH)–C–C–N with tert-alkyl or cyclic N) is 1. The van der Waals surface area contributed by atoms with E-state index in [4.69, 9.17) is 9.47 Å². The van der Waals surface area contributed by atoms with Gasteiger partial charge in [0.25, 0.3) is 0 Å². The monoisotopic (exact) mass is 358 g/mol. The van der Waals surface area contributed by atoms with Gasteiger partial charge in [0.05, 0.1) is 7.11 Å². The molecule has 0 saturated carbocycles. The molecule has 1 saturated heterocycles. The largest absolute Gasteiger partial charge is 0.493 e. The van der Waals surface area contributed by atoms with Gasteiger partial charge in [-0.3, -0.25) is 4.90 Å². The topological polar surface area (TPSA) is 71.0 Å². The molecule has 0 radical (unpaired) electrons. The SMILES string of the molecule is COc1ccccc1OC[C@@H](O)CN1CCCN(c2ncccn2)CC1. The van der Waals surface area contributed by atoms with Gasteiger partial charge >= 0.3 is 0 Å². The fourth-order valence-corrected chi connectivity index (χ4v) is 3.08. The van der Waals surface area contributed by atoms with Crippen molar-refractivity contribution in [3.63, 3.8) is 0 Å². The number of aliphatic hydroxyl groups is 1. The number of rotatable bonds is 7. The summed E-state index contributed by atoms with van der Waals surface area (Å²) in [4.78, 5) is 13.1. The number of hydrogen-bond acceptors (Lipinski definition) is 7. The van der Waals surface area contributed by atoms with Crippen LogP contribution in [0.2, 0.25) is 0 Å². The molecule has 3 rings (SSSR count). The van der Waals surface area contributed by atoms with E-state index in [1.807, 2.05) is 30.3 Å². The van der Waals surface area contributed by atoms with E-state index in [1.54, 1.807) is 19.5 Å². The Morgan fingerprint density at radius 3 is 2.58 bits per heavy atom. The lowest BCUT2D eigenvalue weighted by molar-refractivity contribution is 0.0694. The standard InChI is InChI=1S/C19H26N4O3/c1-25-17-6-2-3-7-18(17)26-15-16(24)14-22-10-5-11-23(13-12-22)19-20-8-4-9-21-19/h2-4,6-9,16,24H,5,10-15H2,1H3/t16-/m0/s1. The van der Waals surface area contributed by atoms with Crippen molar-refractivity contribution >= 4 is 5.95 Å². The van der Waals surface area contributed by atoms with Gasteiger partial charge in [-0.2, -0.15) is 0 Å². The molecule has 7 heteroatoms. The number of methoxy groups -OCH3 is 1. The average molecular weight is 358 g/mol. The van der Waals surface area contributed by atoms with Crippen LogP contribution in [-0.4, -0.2) is 72.5 Å². The summed E-state index contributed by atoms with van der Waals surface area (Å²) in [7, 11) is 1.61. The van der Waals surface area contributed by atoms with Crippen molar-refractivity contribution in [1.29, 1.82) is 0 Å². The molecule has 26 heavy (non-hydrogen) atoms. The summed E-state index contributed by atoms with van der Waals surface area (Å²) in [6.07, 6.45) is 3.99. The van der Waals surface area contributed by atoms with Gasteiger partial charge < -0.3 is 19.5 Å². The molecule has 1 aliphatic rings. The lowest BCUT2D eigenvalue weighted by Gasteiger charge is -2.24. The molecule has 7 nitrogen and oxygen atoms in total. The first kappa shape index (κ1) is 18.4. The van der Waals surface area contributed by atoms with Crippen molar-refractivity contribution in [2.24, 2.45) is 0 Å². The van der Waals surface area contributed by atoms with Gasteiger partial charge in [0.2, 0.25) is 5.95 Å². The maximum absolute atomic E-state index is 10.4. The molecule has 0 aliphatic carbocycles. The quantitative estimate of drug-likeness (QED) is 0.803. The highest BCUT2D eigenvalue weighted by Crippen LogP contribution is 2.25. The molecule has 1 atom stereocenters. The molecule has 0 amide bonds. The summed E-state index contributed by atoms with van der Waals surface area (Å²) in [5.74, 6) is 2.10. The zero-order valence-electron chi connectivity index (χ0n) is 15.1. The summed E-state index contributed by atoms with van der Waals surface area (Å²) in [5, 5.41) is 10.4. The zero-order chi connectivity index (χ0) is 18.2. The van der Waals surface area contributed by atoms with Gasteiger partial charge in [-0.25, -0.2) is 9.97 Å². The number of aliphatic hydroxyl groups excluding tert-OH is 1. The van der Waals surface area contributed by atoms with Gasteiger partial charge in [0.15, 0.2) is 11.5 Å². The third kappa shape index (κ3) is 5.06. The second-order valence-corrected chi connectivity index (χ2v) is 6.31. The predicted molar refractivity (Wildman–Crippen MR) is 99.8 cm³/mol. The molecule has 0 spiro atoms. The lowest BCUT2D eigenvalue weighted by atomic mass is 10.3. The summed E-state index contributed by atoms with van der Waals surface area (Å²) < 4.78 is 11.0. The van der Waals surface area contributed by atoms with Crippen LogP contribution in [0.25, 0.3) is 0 Å². The van der Waals surface area contributed by atoms with Crippen LogP contribution in [0.5, 0.6) is 11.5 Å². The van der Waals surface area contributed by atoms with Crippen molar-refractivity contribution in [1.82, 2.24) is 14.9 Å². The Hall–Kier alpha value is -2.38. The summed E-state index contributed by atoms with van der Waals surface area (Å²) in [6, 6.07) is 9.29. The average Bonchev–Trinajstić information content (AvgIpc) is 2.93. The Labute approximate surface area is 154 Å². The van der Waals surface area contributed by atoms with Gasteiger partial charge in [-0.15, -0.1) is 0 Å². The number of anilines is 1. The molecule has 1 N–H and O–H groups in total. The fourth-order valence-electron chi connectivity index (χ4n) is 3.08. The molecule has 0 bridgehead atoms. The van der Waals surface area contributed by atoms with Crippen molar-refractivity contribution in [2.75, 3.05) is 51.3 Å². The highest BCUT2D eigenvalue weighted by molar-refractivity contribution is 5.39. The molecule has 1 aliphatic heterocycles. The van der Waals surface area contributed by atoms with Crippen LogP contribution in [0.3, 0.4) is 0 Å². The molecule has 0 unspecified atom stereocenters. The van der Waals surface area contributed by atoms with Crippen LogP contribution < -0.4 is 14.4 Å². The van der Waals surface area contributed by atoms with Crippen molar-refractivity contribution < 1.29 is 14.6 Å². The second kappa shape index (κ2) is 9.35. The molecule has 140 valence electrons. The molecular formula is C19H26N4O3. The van der Waals surface area contributed by atoms with Crippen LogP contribution in [0.15, 0.2) is 42.7 Å². The first-order valence-electron chi connectivity index (χ1n) is 8.94. The molecule has 2 heterocycles. The van der Waals surface area contributed by atoms with E-state index in [1.165, 1.54) is 0 Å². The summed E-state index contributed by atoms with van der Waals surface area (Å²) in [5.41, 5.74) is 0. The fraction of sp³-hybridized carbons (Fsp3) is 0.474. The number of para-hydroxylation sites is 2. The van der Waals surface area contributed by atoms with Crippen molar-refractivity contribution in [2.45, 2.75) is 12.5 Å². The predicted octanol–water partition coefficient (Wildman–Crippen LogP) is 1.44. The highest BCUT2D eigenvalue weighted by Gasteiger charge is 2.19. The Morgan fingerprint density at radius 1 is 1.04 bits per heavy atom. The van der Waals surface area contributed by atoms with E-state index in [9.17, 15) is 5.11 Å². The van der Waals surface area contributed by atoms with Crippen LogP contribution in [-0.2, 0) is 0 Å². The molecule has 1 aromatic heterocycles. The third-order valence-corrected chi connectivity index (χ3v) is 4.39. The number of hydrogen-bond donors (Lipinski definition) is 1. The van der Waals surface area contributed by atoms with E-state index in [0.717, 1.165) is 38.5 Å². The van der Waals surface area contributed by atoms with Gasteiger partial charge in [-0.05, 0) is 31.2 Å². The van der Waals surface area contributed by atoms with E-state index in [0.29, 0.717) is 18.0 Å². The van der Waals surface area contributed by atoms with Gasteiger partial charge in [0.1, 0.15) is 12.7 Å². The molecule has 1 aromatic carbocycles. The van der Waals surface area contributed by atoms with Crippen LogP contribution in [0, 0.1) is 0 Å². The minimum Gasteiger partial charge on any atom is -0.493 e. The van der Waals surface area contributed by atoms with Crippen molar-refractivity contribution in [3.8, 4) is 11.5 Å². The number of ether oxygens (including phenoxy) is 2. The van der Waals surface area contributed by atoms with Crippen LogP contribution >= 0.6 is 0 Å². The molecule has 1 fully saturated rings.